The van der Waals surface area contributed by atoms with Crippen molar-refractivity contribution in [1.29, 1.82) is 0 Å². The van der Waals surface area contributed by atoms with Crippen LogP contribution >= 0.6 is 0 Å². The van der Waals surface area contributed by atoms with Crippen molar-refractivity contribution < 1.29 is 8.83 Å². The van der Waals surface area contributed by atoms with Crippen molar-refractivity contribution in [2.45, 2.75) is 0 Å². The summed E-state index contributed by atoms with van der Waals surface area (Å²) < 4.78 is 12.6. The minimum absolute atomic E-state index is 0.589. The summed E-state index contributed by atoms with van der Waals surface area (Å²) in [5.74, 6) is 1.81. The SMILES string of the molecule is c1ccc(-c2ccc3ccc(-c4nc(-c5ccccc5)nc(-c5cccc6oc7cc(-c8ccc9oc%10ccccc%10c9c8)ccc7c56)n4)cc3c2)cc1. The van der Waals surface area contributed by atoms with Gasteiger partial charge >= 0.3 is 0 Å². The summed E-state index contributed by atoms with van der Waals surface area (Å²) in [6.07, 6.45) is 0. The molecule has 0 fully saturated rings. The van der Waals surface area contributed by atoms with Crippen LogP contribution in [-0.4, -0.2) is 15.0 Å². The molecule has 0 aliphatic carbocycles. The van der Waals surface area contributed by atoms with E-state index in [2.05, 4.69) is 103 Å². The zero-order chi connectivity index (χ0) is 35.6. The Bertz CT molecular complexity index is 3220. The van der Waals surface area contributed by atoms with Gasteiger partial charge in [-0.1, -0.05) is 127 Å². The van der Waals surface area contributed by atoms with Gasteiger partial charge in [-0.2, -0.15) is 0 Å². The van der Waals surface area contributed by atoms with E-state index < -0.39 is 0 Å². The summed E-state index contributed by atoms with van der Waals surface area (Å²) in [5.41, 5.74) is 10.6. The van der Waals surface area contributed by atoms with E-state index in [0.717, 1.165) is 82.5 Å². The molecule has 252 valence electrons. The van der Waals surface area contributed by atoms with Crippen molar-refractivity contribution >= 4 is 54.6 Å². The van der Waals surface area contributed by atoms with Gasteiger partial charge in [-0.25, -0.2) is 15.0 Å². The standard InChI is InChI=1S/C49H29N3O2/c1-3-10-30(11-4-1)33-20-18-31-19-21-36(27-37(31)26-33)48-50-47(32-12-5-2-6-13-32)51-49(52-48)40-15-9-17-44-46(40)39-24-22-35(29-45(39)54-44)34-23-25-43-41(28-34)38-14-7-8-16-42(38)53-43/h1-29H. The number of hydrogen-bond acceptors (Lipinski definition) is 5. The molecule has 0 bridgehead atoms. The van der Waals surface area contributed by atoms with Crippen LogP contribution in [0.4, 0.5) is 0 Å². The molecule has 0 N–H and O–H groups in total. The number of fused-ring (bicyclic) bond motifs is 7. The molecule has 5 nitrogen and oxygen atoms in total. The van der Waals surface area contributed by atoms with Gasteiger partial charge in [-0.15, -0.1) is 0 Å². The van der Waals surface area contributed by atoms with Gasteiger partial charge in [0.15, 0.2) is 17.5 Å². The van der Waals surface area contributed by atoms with E-state index in [1.165, 1.54) is 11.1 Å². The molecule has 11 aromatic rings. The van der Waals surface area contributed by atoms with Crippen LogP contribution in [0.2, 0.25) is 0 Å². The molecule has 0 atom stereocenters. The molecule has 0 unspecified atom stereocenters. The predicted molar refractivity (Wildman–Crippen MR) is 219 cm³/mol. The molecular formula is C49H29N3O2. The molecule has 11 rings (SSSR count). The van der Waals surface area contributed by atoms with Crippen molar-refractivity contribution in [3.05, 3.63) is 176 Å². The zero-order valence-corrected chi connectivity index (χ0v) is 28.9. The van der Waals surface area contributed by atoms with Gasteiger partial charge in [0.25, 0.3) is 0 Å². The second kappa shape index (κ2) is 12.1. The van der Waals surface area contributed by atoms with E-state index in [9.17, 15) is 0 Å². The molecule has 5 heteroatoms. The van der Waals surface area contributed by atoms with E-state index in [0.29, 0.717) is 17.5 Å². The summed E-state index contributed by atoms with van der Waals surface area (Å²) >= 11 is 0. The van der Waals surface area contributed by atoms with E-state index >= 15 is 0 Å². The Hall–Kier alpha value is -7.37. The van der Waals surface area contributed by atoms with Gasteiger partial charge in [0.05, 0.1) is 0 Å². The molecule has 3 aromatic heterocycles. The summed E-state index contributed by atoms with van der Waals surface area (Å²) in [6, 6.07) is 60.5. The number of nitrogens with zero attached hydrogens (tertiary/aromatic N) is 3. The van der Waals surface area contributed by atoms with Crippen LogP contribution in [-0.2, 0) is 0 Å². The monoisotopic (exact) mass is 691 g/mol. The van der Waals surface area contributed by atoms with Crippen LogP contribution in [0.25, 0.3) is 111 Å². The van der Waals surface area contributed by atoms with Gasteiger partial charge in [-0.05, 0) is 81.6 Å². The summed E-state index contributed by atoms with van der Waals surface area (Å²) in [6.45, 7) is 0. The third-order valence-electron chi connectivity index (χ3n) is 10.3. The van der Waals surface area contributed by atoms with E-state index in [1.54, 1.807) is 0 Å². The molecule has 54 heavy (non-hydrogen) atoms. The predicted octanol–water partition coefficient (Wildman–Crippen LogP) is 13.2. The molecular weight excluding hydrogens is 663 g/mol. The first-order valence-electron chi connectivity index (χ1n) is 18.0. The van der Waals surface area contributed by atoms with Crippen molar-refractivity contribution in [2.75, 3.05) is 0 Å². The summed E-state index contributed by atoms with van der Waals surface area (Å²) in [7, 11) is 0. The number of rotatable bonds is 5. The fraction of sp³-hybridized carbons (Fsp3) is 0. The molecule has 8 aromatic carbocycles. The van der Waals surface area contributed by atoms with Crippen LogP contribution in [0, 0.1) is 0 Å². The average molecular weight is 692 g/mol. The van der Waals surface area contributed by atoms with Crippen LogP contribution in [0.5, 0.6) is 0 Å². The largest absolute Gasteiger partial charge is 0.456 e. The van der Waals surface area contributed by atoms with Gasteiger partial charge in [-0.3, -0.25) is 0 Å². The van der Waals surface area contributed by atoms with Crippen LogP contribution < -0.4 is 0 Å². The first kappa shape index (κ1) is 30.3. The Morgan fingerprint density at radius 3 is 1.74 bits per heavy atom. The van der Waals surface area contributed by atoms with E-state index in [4.69, 9.17) is 23.8 Å². The second-order valence-electron chi connectivity index (χ2n) is 13.6. The number of benzene rings is 8. The fourth-order valence-electron chi connectivity index (χ4n) is 7.64. The molecule has 0 aliphatic heterocycles. The molecule has 0 spiro atoms. The lowest BCUT2D eigenvalue weighted by Crippen LogP contribution is -2.00. The third-order valence-corrected chi connectivity index (χ3v) is 10.3. The van der Waals surface area contributed by atoms with Crippen LogP contribution in [0.1, 0.15) is 0 Å². The molecule has 3 heterocycles. The normalized spacial score (nSPS) is 11.7. The van der Waals surface area contributed by atoms with Gasteiger partial charge in [0, 0.05) is 38.2 Å². The first-order valence-corrected chi connectivity index (χ1v) is 18.0. The Morgan fingerprint density at radius 1 is 0.296 bits per heavy atom. The maximum atomic E-state index is 6.56. The Kier molecular flexibility index (Phi) is 6.79. The Morgan fingerprint density at radius 2 is 0.889 bits per heavy atom. The highest BCUT2D eigenvalue weighted by atomic mass is 16.3. The van der Waals surface area contributed by atoms with Crippen molar-refractivity contribution in [2.24, 2.45) is 0 Å². The fourth-order valence-corrected chi connectivity index (χ4v) is 7.64. The lowest BCUT2D eigenvalue weighted by Gasteiger charge is -2.10. The lowest BCUT2D eigenvalue weighted by atomic mass is 9.99. The average Bonchev–Trinajstić information content (AvgIpc) is 3.81. The van der Waals surface area contributed by atoms with Crippen molar-refractivity contribution in [3.63, 3.8) is 0 Å². The highest BCUT2D eigenvalue weighted by Crippen LogP contribution is 2.39. The highest BCUT2D eigenvalue weighted by molar-refractivity contribution is 6.13. The number of aromatic nitrogens is 3. The molecule has 0 aliphatic rings. The van der Waals surface area contributed by atoms with Crippen LogP contribution in [0.15, 0.2) is 185 Å². The Labute approximate surface area is 309 Å². The summed E-state index contributed by atoms with van der Waals surface area (Å²) in [5, 5.41) is 6.45. The molecule has 0 saturated carbocycles. The minimum Gasteiger partial charge on any atom is -0.456 e. The third kappa shape index (κ3) is 5.06. The van der Waals surface area contributed by atoms with Crippen molar-refractivity contribution in [3.8, 4) is 56.4 Å². The minimum atomic E-state index is 0.589. The maximum absolute atomic E-state index is 6.56. The first-order chi connectivity index (χ1) is 26.7. The molecule has 0 amide bonds. The molecule has 0 radical (unpaired) electrons. The van der Waals surface area contributed by atoms with Gasteiger partial charge in [0.1, 0.15) is 22.3 Å². The van der Waals surface area contributed by atoms with Gasteiger partial charge < -0.3 is 8.83 Å². The quantitative estimate of drug-likeness (QED) is 0.180. The zero-order valence-electron chi connectivity index (χ0n) is 28.9. The highest BCUT2D eigenvalue weighted by Gasteiger charge is 2.19. The number of furan rings is 2. The van der Waals surface area contributed by atoms with Crippen molar-refractivity contribution in [1.82, 2.24) is 15.0 Å². The number of hydrogen-bond donors (Lipinski definition) is 0. The lowest BCUT2D eigenvalue weighted by molar-refractivity contribution is 0.669. The summed E-state index contributed by atoms with van der Waals surface area (Å²) in [4.78, 5) is 15.3. The van der Waals surface area contributed by atoms with Crippen LogP contribution in [0.3, 0.4) is 0 Å². The van der Waals surface area contributed by atoms with Gasteiger partial charge in [0.2, 0.25) is 0 Å². The maximum Gasteiger partial charge on any atom is 0.164 e. The molecule has 0 saturated heterocycles. The Balaban J connectivity index is 1.05. The number of para-hydroxylation sites is 1. The van der Waals surface area contributed by atoms with E-state index in [1.807, 2.05) is 72.8 Å². The van der Waals surface area contributed by atoms with E-state index in [-0.39, 0.29) is 0 Å². The topological polar surface area (TPSA) is 65.0 Å². The smallest absolute Gasteiger partial charge is 0.164 e. The second-order valence-corrected chi connectivity index (χ2v) is 13.6.